The van der Waals surface area contributed by atoms with Gasteiger partial charge in [-0.2, -0.15) is 8.42 Å². The van der Waals surface area contributed by atoms with Crippen LogP contribution in [0, 0.1) is 0 Å². The molecule has 0 aromatic carbocycles. The topological polar surface area (TPSA) is 212 Å². The first kappa shape index (κ1) is 42.6. The van der Waals surface area contributed by atoms with E-state index in [-0.39, 0.29) is 6.42 Å². The number of unbranched alkanes of at least 4 members (excludes halogenated alkanes) is 11. The Balaban J connectivity index is 2.82. The monoisotopic (exact) mass is 681 g/mol. The van der Waals surface area contributed by atoms with Crippen molar-refractivity contribution in [3.05, 3.63) is 24.3 Å². The van der Waals surface area contributed by atoms with Crippen LogP contribution in [0.1, 0.15) is 110 Å². The molecule has 0 radical (unpaired) electrons. The van der Waals surface area contributed by atoms with E-state index in [1.807, 2.05) is 0 Å². The van der Waals surface area contributed by atoms with Crippen LogP contribution in [-0.2, 0) is 28.9 Å². The molecule has 1 fully saturated rings. The van der Waals surface area contributed by atoms with Gasteiger partial charge in [0.05, 0.1) is 25.4 Å². The third kappa shape index (κ3) is 18.2. The van der Waals surface area contributed by atoms with Gasteiger partial charge in [-0.3, -0.25) is 9.35 Å². The highest BCUT2D eigenvalue weighted by Gasteiger charge is 2.48. The second-order valence-electron chi connectivity index (χ2n) is 11.9. The van der Waals surface area contributed by atoms with E-state index in [9.17, 15) is 38.7 Å². The van der Waals surface area contributed by atoms with Crippen molar-refractivity contribution in [2.75, 3.05) is 13.2 Å². The second kappa shape index (κ2) is 24.6. The Kier molecular flexibility index (Phi) is 22.8. The number of ether oxygens (including phenoxy) is 2. The van der Waals surface area contributed by atoms with Gasteiger partial charge < -0.3 is 40.3 Å². The summed E-state index contributed by atoms with van der Waals surface area (Å²) in [5.41, 5.74) is 0. The van der Waals surface area contributed by atoms with Crippen LogP contribution in [0.4, 0.5) is 0 Å². The van der Waals surface area contributed by atoms with Crippen LogP contribution >= 0.6 is 0 Å². The van der Waals surface area contributed by atoms with E-state index >= 15 is 0 Å². The largest absolute Gasteiger partial charge is 0.397 e. The number of aliphatic hydroxyl groups excluding tert-OH is 5. The molecular formula is C32H59NO12S. The van der Waals surface area contributed by atoms with Crippen LogP contribution in [0.2, 0.25) is 0 Å². The molecule has 1 heterocycles. The molecule has 0 aromatic heterocycles. The molecule has 1 aliphatic heterocycles. The number of aliphatic hydroxyl groups is 5. The summed E-state index contributed by atoms with van der Waals surface area (Å²) >= 11 is 0. The van der Waals surface area contributed by atoms with Crippen LogP contribution in [0.5, 0.6) is 0 Å². The summed E-state index contributed by atoms with van der Waals surface area (Å²) in [5, 5.41) is 54.4. The highest BCUT2D eigenvalue weighted by molar-refractivity contribution is 7.80. The van der Waals surface area contributed by atoms with Crippen LogP contribution in [0.3, 0.4) is 0 Å². The fourth-order valence-corrected chi connectivity index (χ4v) is 5.56. The maximum atomic E-state index is 12.9. The van der Waals surface area contributed by atoms with Crippen LogP contribution in [-0.4, -0.2) is 107 Å². The van der Waals surface area contributed by atoms with E-state index in [0.717, 1.165) is 44.9 Å². The number of carbonyl (C=O) groups excluding carboxylic acids is 1. The fraction of sp³-hybridized carbons (Fsp3) is 0.844. The first-order chi connectivity index (χ1) is 21.9. The molecule has 1 rings (SSSR count). The van der Waals surface area contributed by atoms with Gasteiger partial charge >= 0.3 is 10.4 Å². The van der Waals surface area contributed by atoms with Gasteiger partial charge in [0.1, 0.15) is 30.5 Å². The molecule has 0 aromatic rings. The highest BCUT2D eigenvalue weighted by Crippen LogP contribution is 2.26. The zero-order chi connectivity index (χ0) is 34.4. The van der Waals surface area contributed by atoms with Gasteiger partial charge in [-0.15, -0.1) is 0 Å². The molecule has 1 amide bonds. The summed E-state index contributed by atoms with van der Waals surface area (Å²) in [6.45, 7) is 3.02. The number of hydrogen-bond donors (Lipinski definition) is 7. The van der Waals surface area contributed by atoms with Gasteiger partial charge in [-0.05, 0) is 25.7 Å². The van der Waals surface area contributed by atoms with Crippen molar-refractivity contribution in [3.8, 4) is 0 Å². The van der Waals surface area contributed by atoms with Gasteiger partial charge in [-0.25, -0.2) is 4.18 Å². The van der Waals surface area contributed by atoms with Crippen molar-refractivity contribution in [3.63, 3.8) is 0 Å². The molecule has 14 heteroatoms. The molecule has 8 unspecified atom stereocenters. The molecular weight excluding hydrogens is 622 g/mol. The minimum absolute atomic E-state index is 0.237. The maximum Gasteiger partial charge on any atom is 0.397 e. The van der Waals surface area contributed by atoms with Gasteiger partial charge in [0.15, 0.2) is 6.29 Å². The fourth-order valence-electron chi connectivity index (χ4n) is 5.05. The molecule has 1 aliphatic rings. The number of amides is 1. The third-order valence-electron chi connectivity index (χ3n) is 7.84. The summed E-state index contributed by atoms with van der Waals surface area (Å²) in [7, 11) is -5.11. The average molecular weight is 682 g/mol. The van der Waals surface area contributed by atoms with Gasteiger partial charge in [0, 0.05) is 0 Å². The third-order valence-corrected chi connectivity index (χ3v) is 8.31. The Morgan fingerprint density at radius 3 is 2.07 bits per heavy atom. The summed E-state index contributed by atoms with van der Waals surface area (Å²) < 4.78 is 46.9. The summed E-state index contributed by atoms with van der Waals surface area (Å²) in [6.07, 6.45) is 10.5. The van der Waals surface area contributed by atoms with Crippen LogP contribution < -0.4 is 5.32 Å². The first-order valence-corrected chi connectivity index (χ1v) is 18.2. The molecule has 46 heavy (non-hydrogen) atoms. The Bertz CT molecular complexity index is 963. The zero-order valence-corrected chi connectivity index (χ0v) is 28.3. The van der Waals surface area contributed by atoms with Crippen LogP contribution in [0.15, 0.2) is 24.3 Å². The predicted octanol–water partition coefficient (Wildman–Crippen LogP) is 2.84. The number of allylic oxidation sites excluding steroid dienone is 3. The number of hydrogen-bond acceptors (Lipinski definition) is 11. The lowest BCUT2D eigenvalue weighted by Gasteiger charge is -2.41. The van der Waals surface area contributed by atoms with E-state index in [2.05, 4.69) is 35.5 Å². The Labute approximate surface area is 275 Å². The quantitative estimate of drug-likeness (QED) is 0.0399. The zero-order valence-electron chi connectivity index (χ0n) is 27.5. The van der Waals surface area contributed by atoms with E-state index in [1.165, 1.54) is 38.2 Å². The standard InChI is InChI=1S/C32H59NO12S/c1-3-5-7-9-11-13-15-17-19-21-26(36)31(39)33-24(25(35)20-18-16-14-12-10-8-6-4-2)23-43-32-29(38)30(45-46(40,41)42)28(37)27(22-34)44-32/h10,12,18,20,24-30,32,34-38H,3-9,11,13-17,19,21-23H2,1-2H3,(H,33,39)(H,40,41,42)/b12-10+,20-18+. The lowest BCUT2D eigenvalue weighted by molar-refractivity contribution is -0.298. The Hall–Kier alpha value is -1.46. The molecule has 0 spiro atoms. The minimum atomic E-state index is -5.11. The van der Waals surface area contributed by atoms with Gasteiger partial charge in [0.25, 0.3) is 0 Å². The van der Waals surface area contributed by atoms with Crippen molar-refractivity contribution in [2.45, 2.75) is 159 Å². The van der Waals surface area contributed by atoms with E-state index in [4.69, 9.17) is 14.0 Å². The summed E-state index contributed by atoms with van der Waals surface area (Å²) in [5.74, 6) is -0.721. The van der Waals surface area contributed by atoms with Crippen LogP contribution in [0.25, 0.3) is 0 Å². The Morgan fingerprint density at radius 2 is 1.46 bits per heavy atom. The molecule has 8 atom stereocenters. The maximum absolute atomic E-state index is 12.9. The Morgan fingerprint density at radius 1 is 0.870 bits per heavy atom. The normalized spacial score (nSPS) is 24.4. The van der Waals surface area contributed by atoms with Crippen molar-refractivity contribution >= 4 is 16.3 Å². The molecule has 1 saturated heterocycles. The van der Waals surface area contributed by atoms with Gasteiger partial charge in [0.2, 0.25) is 5.91 Å². The van der Waals surface area contributed by atoms with E-state index in [1.54, 1.807) is 6.08 Å². The molecule has 270 valence electrons. The molecule has 7 N–H and O–H groups in total. The average Bonchev–Trinajstić information content (AvgIpc) is 3.01. The van der Waals surface area contributed by atoms with Crippen molar-refractivity contribution < 1.29 is 57.0 Å². The lowest BCUT2D eigenvalue weighted by Crippen LogP contribution is -2.61. The first-order valence-electron chi connectivity index (χ1n) is 16.8. The molecule has 13 nitrogen and oxygen atoms in total. The molecule has 0 saturated carbocycles. The predicted molar refractivity (Wildman–Crippen MR) is 173 cm³/mol. The smallest absolute Gasteiger partial charge is 0.394 e. The molecule has 0 aliphatic carbocycles. The summed E-state index contributed by atoms with van der Waals surface area (Å²) in [6, 6.07) is -1.13. The number of carbonyl (C=O) groups is 1. The van der Waals surface area contributed by atoms with Gasteiger partial charge in [-0.1, -0.05) is 109 Å². The van der Waals surface area contributed by atoms with E-state index in [0.29, 0.717) is 12.8 Å². The minimum Gasteiger partial charge on any atom is -0.394 e. The molecule has 0 bridgehead atoms. The summed E-state index contributed by atoms with van der Waals surface area (Å²) in [4.78, 5) is 12.9. The van der Waals surface area contributed by atoms with Crippen molar-refractivity contribution in [2.24, 2.45) is 0 Å². The SMILES string of the molecule is CCCC/C=C/CC/C=C/C(O)C(COC1OC(CO)C(O)C(OS(=O)(=O)O)C1O)NC(=O)C(O)CCCCCCCCCCC. The lowest BCUT2D eigenvalue weighted by atomic mass is 9.99. The van der Waals surface area contributed by atoms with Crippen molar-refractivity contribution in [1.29, 1.82) is 0 Å². The highest BCUT2D eigenvalue weighted by atomic mass is 32.3. The number of rotatable bonds is 26. The van der Waals surface area contributed by atoms with E-state index < -0.39 is 78.5 Å². The second-order valence-corrected chi connectivity index (χ2v) is 12.9. The van der Waals surface area contributed by atoms with Crippen molar-refractivity contribution in [1.82, 2.24) is 5.32 Å². The number of nitrogens with one attached hydrogen (secondary N) is 1.